The summed E-state index contributed by atoms with van der Waals surface area (Å²) in [4.78, 5) is 116. The molecule has 8 heterocycles. The molecule has 0 radical (unpaired) electrons. The van der Waals surface area contributed by atoms with Gasteiger partial charge >= 0.3 is 0 Å². The predicted molar refractivity (Wildman–Crippen MR) is 302 cm³/mol. The average molecular weight is 1090 g/mol. The second-order valence-electron chi connectivity index (χ2n) is 23.2. The van der Waals surface area contributed by atoms with Crippen molar-refractivity contribution < 1.29 is 38.0 Å². The van der Waals surface area contributed by atoms with E-state index < -0.39 is 40.9 Å². The van der Waals surface area contributed by atoms with E-state index >= 15 is 9.18 Å². The molecule has 1 aliphatic carbocycles. The molecule has 18 nitrogen and oxygen atoms in total. The van der Waals surface area contributed by atoms with Gasteiger partial charge in [-0.1, -0.05) is 30.7 Å². The number of anilines is 4. The van der Waals surface area contributed by atoms with Crippen LogP contribution in [0.1, 0.15) is 130 Å². The first-order chi connectivity index (χ1) is 39.1. The number of imidazole rings is 1. The number of aryl methyl sites for hydroxylation is 1. The summed E-state index contributed by atoms with van der Waals surface area (Å²) in [5, 5.41) is 5.50. The molecule has 19 heteroatoms. The summed E-state index contributed by atoms with van der Waals surface area (Å²) in [7, 11) is 0. The van der Waals surface area contributed by atoms with Crippen LogP contribution in [0.5, 0.6) is 0 Å². The van der Waals surface area contributed by atoms with Crippen LogP contribution < -0.4 is 20.4 Å². The monoisotopic (exact) mass is 1090 g/mol. The van der Waals surface area contributed by atoms with Crippen LogP contribution >= 0.6 is 0 Å². The van der Waals surface area contributed by atoms with Crippen molar-refractivity contribution in [2.45, 2.75) is 108 Å². The first-order valence-electron chi connectivity index (χ1n) is 28.6. The third-order valence-corrected chi connectivity index (χ3v) is 18.3. The van der Waals surface area contributed by atoms with Gasteiger partial charge in [0, 0.05) is 91.9 Å². The molecule has 1 unspecified atom stereocenters. The SMILES string of the molecule is Cc1cc(C(=O)N2CCN(c3ccc4c(c3)C(=O)N(C3CCC(=O)NC3=O)C4=O)CC2)ccc1C(=O)N1CCC2(CC1)C(=O)N([C@H]1C[C@@H](N3CCCCC3)C1)c1cc(-c3cc4ncn(C(C)C)c4c(Nc4ccccc4F)n3)ccc12. The number of para-hydroxylation sites is 1. The number of imide groups is 2. The number of nitrogens with zero attached hydrogens (tertiary/aromatic N) is 9. The Morgan fingerprint density at radius 2 is 1.49 bits per heavy atom. The van der Waals surface area contributed by atoms with E-state index in [-0.39, 0.29) is 53.8 Å². The predicted octanol–water partition coefficient (Wildman–Crippen LogP) is 7.77. The lowest BCUT2D eigenvalue weighted by Gasteiger charge is -2.48. The molecule has 5 fully saturated rings. The number of carbonyl (C=O) groups excluding carboxylic acids is 7. The number of hydrogen-bond acceptors (Lipinski definition) is 12. The molecule has 6 aromatic rings. The summed E-state index contributed by atoms with van der Waals surface area (Å²) >= 11 is 0. The van der Waals surface area contributed by atoms with Crippen LogP contribution in [0.15, 0.2) is 91.3 Å². The third-order valence-electron chi connectivity index (χ3n) is 18.3. The molecule has 0 bridgehead atoms. The van der Waals surface area contributed by atoms with Crippen molar-refractivity contribution >= 4 is 75.3 Å². The minimum atomic E-state index is -1.05. The molecule has 4 aromatic carbocycles. The topological polar surface area (TPSA) is 194 Å². The van der Waals surface area contributed by atoms with Crippen LogP contribution in [0.3, 0.4) is 0 Å². The van der Waals surface area contributed by atoms with Crippen molar-refractivity contribution in [3.8, 4) is 11.3 Å². The number of rotatable bonds is 10. The van der Waals surface area contributed by atoms with Gasteiger partial charge in [-0.05, 0) is 151 Å². The maximum Gasteiger partial charge on any atom is 0.262 e. The Morgan fingerprint density at radius 1 is 0.753 bits per heavy atom. The van der Waals surface area contributed by atoms with Gasteiger partial charge in [-0.2, -0.15) is 0 Å². The summed E-state index contributed by atoms with van der Waals surface area (Å²) in [5.74, 6) is -2.37. The Kier molecular flexibility index (Phi) is 13.1. The van der Waals surface area contributed by atoms with Crippen molar-refractivity contribution in [3.63, 3.8) is 0 Å². The number of amides is 7. The summed E-state index contributed by atoms with van der Waals surface area (Å²) in [5.41, 5.74) is 7.04. The van der Waals surface area contributed by atoms with Crippen LogP contribution in [0, 0.1) is 12.7 Å². The Bertz CT molecular complexity index is 3620. The van der Waals surface area contributed by atoms with Crippen molar-refractivity contribution in [1.82, 2.24) is 39.5 Å². The van der Waals surface area contributed by atoms with Gasteiger partial charge in [-0.15, -0.1) is 0 Å². The second kappa shape index (κ2) is 20.3. The van der Waals surface area contributed by atoms with Crippen LogP contribution in [0.25, 0.3) is 22.3 Å². The zero-order chi connectivity index (χ0) is 56.0. The molecule has 4 saturated heterocycles. The van der Waals surface area contributed by atoms with Gasteiger partial charge in [0.2, 0.25) is 17.7 Å². The van der Waals surface area contributed by atoms with Crippen molar-refractivity contribution in [3.05, 3.63) is 130 Å². The van der Waals surface area contributed by atoms with E-state index in [4.69, 9.17) is 9.97 Å². The maximum atomic E-state index is 15.4. The molecule has 7 amide bonds. The first-order valence-corrected chi connectivity index (χ1v) is 28.6. The quantitative estimate of drug-likeness (QED) is 0.127. The number of piperazine rings is 1. The molecule has 13 rings (SSSR count). The third kappa shape index (κ3) is 8.91. The fourth-order valence-electron chi connectivity index (χ4n) is 13.6. The van der Waals surface area contributed by atoms with E-state index in [2.05, 4.69) is 46.4 Å². The average Bonchev–Trinajstić information content (AvgIpc) is 4.30. The van der Waals surface area contributed by atoms with E-state index in [0.29, 0.717) is 103 Å². The lowest BCUT2D eigenvalue weighted by Crippen LogP contribution is -2.58. The molecular formula is C62H64FN11O7. The van der Waals surface area contributed by atoms with Crippen LogP contribution in [-0.2, 0) is 19.8 Å². The molecule has 1 saturated carbocycles. The van der Waals surface area contributed by atoms with E-state index in [1.165, 1.54) is 25.3 Å². The highest BCUT2D eigenvalue weighted by atomic mass is 19.1. The van der Waals surface area contributed by atoms with E-state index in [9.17, 15) is 28.8 Å². The Morgan fingerprint density at radius 3 is 2.22 bits per heavy atom. The highest BCUT2D eigenvalue weighted by molar-refractivity contribution is 6.24. The smallest absolute Gasteiger partial charge is 0.262 e. The second-order valence-corrected chi connectivity index (χ2v) is 23.2. The number of carbonyl (C=O) groups is 7. The molecule has 2 aromatic heterocycles. The number of halogens is 1. The van der Waals surface area contributed by atoms with Crippen molar-refractivity contribution in [2.75, 3.05) is 67.5 Å². The fourth-order valence-corrected chi connectivity index (χ4v) is 13.6. The Hall–Kier alpha value is -8.32. The lowest BCUT2D eigenvalue weighted by atomic mass is 9.73. The standard InChI is InChI=1S/C62H64FN11O7/c1-36(2)72-35-64-50-34-49(66-55(54(50)72)65-48-10-6-5-9-47(48)63)38-12-16-46-52(30-38)73(42-31-41(32-42)68-21-7-4-8-22-68)61(81)62(46)19-23-70(24-20-62)58(78)43-14-11-39(29-37(43)3)57(77)71-27-25-69(26-28-71)40-13-15-44-45(33-40)60(80)74(59(44)79)51-17-18-53(75)67-56(51)76/h5-6,9-16,29-30,33-36,41-42,51H,4,7-8,17-28,31-32H2,1-3H3,(H,65,66)(H,67,75,76)/t41-,42+,51?. The fraction of sp³-hybridized carbons (Fsp3) is 0.403. The number of pyridine rings is 1. The molecule has 416 valence electrons. The van der Waals surface area contributed by atoms with Gasteiger partial charge in [0.05, 0.1) is 39.8 Å². The van der Waals surface area contributed by atoms with Gasteiger partial charge in [0.25, 0.3) is 23.6 Å². The van der Waals surface area contributed by atoms with Crippen LogP contribution in [0.2, 0.25) is 0 Å². The zero-order valence-corrected chi connectivity index (χ0v) is 45.8. The number of benzene rings is 4. The van der Waals surface area contributed by atoms with E-state index in [1.54, 1.807) is 65.8 Å². The minimum absolute atomic E-state index is 0.0343. The van der Waals surface area contributed by atoms with Crippen molar-refractivity contribution in [1.29, 1.82) is 0 Å². The molecule has 7 aliphatic rings. The maximum absolute atomic E-state index is 15.4. The van der Waals surface area contributed by atoms with Gasteiger partial charge in [0.15, 0.2) is 5.82 Å². The Labute approximate surface area is 468 Å². The van der Waals surface area contributed by atoms with Crippen LogP contribution in [-0.4, -0.2) is 146 Å². The number of likely N-dealkylation sites (tertiary alicyclic amines) is 2. The highest BCUT2D eigenvalue weighted by Crippen LogP contribution is 2.52. The van der Waals surface area contributed by atoms with Crippen molar-refractivity contribution in [2.24, 2.45) is 0 Å². The highest BCUT2D eigenvalue weighted by Gasteiger charge is 2.56. The lowest BCUT2D eigenvalue weighted by molar-refractivity contribution is -0.136. The summed E-state index contributed by atoms with van der Waals surface area (Å²) < 4.78 is 17.2. The number of fused-ring (bicyclic) bond motifs is 4. The molecule has 6 aliphatic heterocycles. The number of piperidine rings is 3. The summed E-state index contributed by atoms with van der Waals surface area (Å²) in [6.07, 6.45) is 8.26. The van der Waals surface area contributed by atoms with Crippen LogP contribution in [0.4, 0.5) is 27.3 Å². The number of nitrogens with one attached hydrogen (secondary N) is 2. The normalized spacial score (nSPS) is 22.0. The largest absolute Gasteiger partial charge is 0.368 e. The van der Waals surface area contributed by atoms with E-state index in [0.717, 1.165) is 53.2 Å². The van der Waals surface area contributed by atoms with Gasteiger partial charge in [-0.3, -0.25) is 43.8 Å². The summed E-state index contributed by atoms with van der Waals surface area (Å²) in [6, 6.07) is 24.4. The molecule has 2 N–H and O–H groups in total. The number of hydrogen-bond donors (Lipinski definition) is 2. The Balaban J connectivity index is 0.702. The molecule has 1 spiro atoms. The summed E-state index contributed by atoms with van der Waals surface area (Å²) in [6.45, 7) is 10.6. The number of aromatic nitrogens is 3. The molecule has 81 heavy (non-hydrogen) atoms. The molecule has 1 atom stereocenters. The minimum Gasteiger partial charge on any atom is -0.368 e. The first kappa shape index (κ1) is 52.1. The van der Waals surface area contributed by atoms with Gasteiger partial charge in [0.1, 0.15) is 17.4 Å². The van der Waals surface area contributed by atoms with E-state index in [1.807, 2.05) is 33.4 Å². The zero-order valence-electron chi connectivity index (χ0n) is 45.8. The van der Waals surface area contributed by atoms with Gasteiger partial charge < -0.3 is 34.4 Å². The molecular weight excluding hydrogens is 1030 g/mol. The van der Waals surface area contributed by atoms with Gasteiger partial charge in [-0.25, -0.2) is 14.4 Å².